The second-order valence-corrected chi connectivity index (χ2v) is 6.57. The topological polar surface area (TPSA) is 70.2 Å². The van der Waals surface area contributed by atoms with Crippen LogP contribution in [0.5, 0.6) is 5.75 Å². The Labute approximate surface area is 148 Å². The van der Waals surface area contributed by atoms with Crippen molar-refractivity contribution in [3.8, 4) is 5.75 Å². The molecule has 0 atom stereocenters. The third-order valence-corrected chi connectivity index (χ3v) is 4.90. The van der Waals surface area contributed by atoms with Crippen LogP contribution in [0.4, 0.5) is 0 Å². The second-order valence-electron chi connectivity index (χ2n) is 6.57. The smallest absolute Gasteiger partial charge is 0.257 e. The first-order valence-electron chi connectivity index (χ1n) is 8.81. The van der Waals surface area contributed by atoms with Gasteiger partial charge in [0.05, 0.1) is 6.20 Å². The molecule has 0 unspecified atom stereocenters. The van der Waals surface area contributed by atoms with Crippen LogP contribution in [0.2, 0.25) is 0 Å². The van der Waals surface area contributed by atoms with Gasteiger partial charge in [0.15, 0.2) is 6.61 Å². The molecule has 1 amide bonds. The van der Waals surface area contributed by atoms with Gasteiger partial charge in [-0.2, -0.15) is 5.10 Å². The number of aromatic nitrogens is 2. The molecule has 2 aromatic rings. The third-order valence-electron chi connectivity index (χ3n) is 4.90. The Morgan fingerprint density at radius 2 is 2.12 bits per heavy atom. The second kappa shape index (κ2) is 8.16. The molecule has 1 aliphatic heterocycles. The first-order chi connectivity index (χ1) is 12.2. The fraction of sp³-hybridized carbons (Fsp3) is 0.474. The number of piperidine rings is 1. The molecule has 1 fully saturated rings. The van der Waals surface area contributed by atoms with E-state index < -0.39 is 0 Å². The number of amides is 1. The molecule has 134 valence electrons. The molecular formula is C19H26N4O2. The summed E-state index contributed by atoms with van der Waals surface area (Å²) in [6.07, 6.45) is 4.25. The lowest BCUT2D eigenvalue weighted by Crippen LogP contribution is -2.32. The van der Waals surface area contributed by atoms with Crippen LogP contribution in [-0.4, -0.2) is 47.7 Å². The number of para-hydroxylation sites is 1. The van der Waals surface area contributed by atoms with Gasteiger partial charge in [-0.15, -0.1) is 0 Å². The van der Waals surface area contributed by atoms with Gasteiger partial charge in [0, 0.05) is 24.8 Å². The monoisotopic (exact) mass is 342 g/mol. The Bertz CT molecular complexity index is 705. The summed E-state index contributed by atoms with van der Waals surface area (Å²) >= 11 is 0. The van der Waals surface area contributed by atoms with Crippen LogP contribution >= 0.6 is 0 Å². The van der Waals surface area contributed by atoms with Crippen LogP contribution in [0.3, 0.4) is 0 Å². The molecule has 0 aliphatic carbocycles. The number of nitrogens with one attached hydrogen (secondary N) is 2. The highest BCUT2D eigenvalue weighted by Crippen LogP contribution is 2.30. The van der Waals surface area contributed by atoms with Crippen molar-refractivity contribution >= 4 is 5.91 Å². The SMILES string of the molecule is CNC(=O)COc1ccccc1CN1CCC(c2cn[nH]c2C)CC1. The van der Waals surface area contributed by atoms with Crippen LogP contribution < -0.4 is 10.1 Å². The molecule has 6 heteroatoms. The van der Waals surface area contributed by atoms with Gasteiger partial charge in [0.25, 0.3) is 5.91 Å². The standard InChI is InChI=1S/C19H26N4O2/c1-14-17(11-21-22-14)15-7-9-23(10-8-15)12-16-5-3-4-6-18(16)25-13-19(24)20-2/h3-6,11,15H,7-10,12-13H2,1-2H3,(H,20,24)(H,21,22). The molecular weight excluding hydrogens is 316 g/mol. The highest BCUT2D eigenvalue weighted by Gasteiger charge is 2.23. The molecule has 2 N–H and O–H groups in total. The van der Waals surface area contributed by atoms with Gasteiger partial charge < -0.3 is 10.1 Å². The summed E-state index contributed by atoms with van der Waals surface area (Å²) in [7, 11) is 1.61. The van der Waals surface area contributed by atoms with Gasteiger partial charge in [-0.05, 0) is 50.4 Å². The fourth-order valence-electron chi connectivity index (χ4n) is 3.41. The predicted octanol–water partition coefficient (Wildman–Crippen LogP) is 2.22. The van der Waals surface area contributed by atoms with Crippen molar-refractivity contribution in [3.63, 3.8) is 0 Å². The number of rotatable bonds is 6. The number of likely N-dealkylation sites (tertiary alicyclic amines) is 1. The number of carbonyl (C=O) groups excluding carboxylic acids is 1. The average molecular weight is 342 g/mol. The van der Waals surface area contributed by atoms with E-state index in [0.29, 0.717) is 5.92 Å². The number of hydrogen-bond donors (Lipinski definition) is 2. The summed E-state index contributed by atoms with van der Waals surface area (Å²) in [5.41, 5.74) is 3.67. The Kier molecular flexibility index (Phi) is 5.71. The maximum absolute atomic E-state index is 11.4. The minimum absolute atomic E-state index is 0.0509. The molecule has 1 saturated heterocycles. The molecule has 25 heavy (non-hydrogen) atoms. The lowest BCUT2D eigenvalue weighted by molar-refractivity contribution is -0.122. The van der Waals surface area contributed by atoms with E-state index in [1.165, 1.54) is 11.3 Å². The van der Waals surface area contributed by atoms with Crippen molar-refractivity contribution < 1.29 is 9.53 Å². The van der Waals surface area contributed by atoms with Crippen LogP contribution in [0.25, 0.3) is 0 Å². The minimum atomic E-state index is -0.119. The van der Waals surface area contributed by atoms with Gasteiger partial charge in [-0.1, -0.05) is 18.2 Å². The Morgan fingerprint density at radius 1 is 1.36 bits per heavy atom. The molecule has 0 bridgehead atoms. The number of H-pyrrole nitrogens is 1. The molecule has 1 aliphatic rings. The van der Waals surface area contributed by atoms with Crippen LogP contribution in [-0.2, 0) is 11.3 Å². The highest BCUT2D eigenvalue weighted by atomic mass is 16.5. The van der Waals surface area contributed by atoms with Crippen molar-refractivity contribution in [3.05, 3.63) is 47.3 Å². The van der Waals surface area contributed by atoms with Crippen LogP contribution in [0, 0.1) is 6.92 Å². The third kappa shape index (κ3) is 4.39. The zero-order valence-electron chi connectivity index (χ0n) is 14.9. The molecule has 2 heterocycles. The number of hydrogen-bond acceptors (Lipinski definition) is 4. The zero-order valence-corrected chi connectivity index (χ0v) is 14.9. The van der Waals surface area contributed by atoms with E-state index in [-0.39, 0.29) is 12.5 Å². The number of ether oxygens (including phenoxy) is 1. The summed E-state index contributed by atoms with van der Waals surface area (Å²) < 4.78 is 5.68. The average Bonchev–Trinajstić information content (AvgIpc) is 3.07. The number of likely N-dealkylation sites (N-methyl/N-ethyl adjacent to an activating group) is 1. The quantitative estimate of drug-likeness (QED) is 0.844. The summed E-state index contributed by atoms with van der Waals surface area (Å²) in [5, 5.41) is 9.77. The van der Waals surface area contributed by atoms with E-state index in [0.717, 1.165) is 43.8 Å². The van der Waals surface area contributed by atoms with E-state index in [9.17, 15) is 4.79 Å². The van der Waals surface area contributed by atoms with Gasteiger partial charge in [-0.25, -0.2) is 0 Å². The Balaban J connectivity index is 1.57. The first kappa shape index (κ1) is 17.5. The normalized spacial score (nSPS) is 15.9. The van der Waals surface area contributed by atoms with Crippen molar-refractivity contribution in [2.75, 3.05) is 26.7 Å². The van der Waals surface area contributed by atoms with E-state index in [1.54, 1.807) is 7.05 Å². The molecule has 0 spiro atoms. The van der Waals surface area contributed by atoms with E-state index in [1.807, 2.05) is 24.4 Å². The summed E-state index contributed by atoms with van der Waals surface area (Å²) in [4.78, 5) is 13.9. The first-order valence-corrected chi connectivity index (χ1v) is 8.81. The summed E-state index contributed by atoms with van der Waals surface area (Å²) in [5.74, 6) is 1.26. The maximum Gasteiger partial charge on any atom is 0.257 e. The molecule has 0 radical (unpaired) electrons. The molecule has 3 rings (SSSR count). The molecule has 6 nitrogen and oxygen atoms in total. The lowest BCUT2D eigenvalue weighted by atomic mass is 9.90. The predicted molar refractivity (Wildman–Crippen MR) is 96.6 cm³/mol. The van der Waals surface area contributed by atoms with E-state index in [2.05, 4.69) is 33.4 Å². The van der Waals surface area contributed by atoms with E-state index >= 15 is 0 Å². The Hall–Kier alpha value is -2.34. The number of carbonyl (C=O) groups is 1. The van der Waals surface area contributed by atoms with Gasteiger partial charge in [0.1, 0.15) is 5.75 Å². The van der Waals surface area contributed by atoms with Gasteiger partial charge in [-0.3, -0.25) is 14.8 Å². The Morgan fingerprint density at radius 3 is 2.80 bits per heavy atom. The molecule has 1 aromatic heterocycles. The fourth-order valence-corrected chi connectivity index (χ4v) is 3.41. The van der Waals surface area contributed by atoms with Crippen LogP contribution in [0.1, 0.15) is 35.6 Å². The van der Waals surface area contributed by atoms with Gasteiger partial charge in [0.2, 0.25) is 0 Å². The number of aryl methyl sites for hydroxylation is 1. The number of benzene rings is 1. The maximum atomic E-state index is 11.4. The van der Waals surface area contributed by atoms with Crippen molar-refractivity contribution in [2.24, 2.45) is 0 Å². The number of aromatic amines is 1. The van der Waals surface area contributed by atoms with Crippen molar-refractivity contribution in [1.29, 1.82) is 0 Å². The summed E-state index contributed by atoms with van der Waals surface area (Å²) in [6, 6.07) is 7.96. The molecule has 0 saturated carbocycles. The lowest BCUT2D eigenvalue weighted by Gasteiger charge is -2.32. The largest absolute Gasteiger partial charge is 0.483 e. The van der Waals surface area contributed by atoms with Crippen molar-refractivity contribution in [2.45, 2.75) is 32.2 Å². The van der Waals surface area contributed by atoms with Gasteiger partial charge >= 0.3 is 0 Å². The minimum Gasteiger partial charge on any atom is -0.483 e. The zero-order chi connectivity index (χ0) is 17.6. The highest BCUT2D eigenvalue weighted by molar-refractivity contribution is 5.77. The molecule has 1 aromatic carbocycles. The number of nitrogens with zero attached hydrogens (tertiary/aromatic N) is 2. The van der Waals surface area contributed by atoms with E-state index in [4.69, 9.17) is 4.74 Å². The summed E-state index contributed by atoms with van der Waals surface area (Å²) in [6.45, 7) is 5.10. The van der Waals surface area contributed by atoms with Crippen molar-refractivity contribution in [1.82, 2.24) is 20.4 Å². The van der Waals surface area contributed by atoms with Crippen LogP contribution in [0.15, 0.2) is 30.5 Å².